The Labute approximate surface area is 108 Å². The van der Waals surface area contributed by atoms with Gasteiger partial charge in [0.05, 0.1) is 0 Å². The fraction of sp³-hybridized carbons (Fsp3) is 0.467. The summed E-state index contributed by atoms with van der Waals surface area (Å²) >= 11 is 0. The number of benzene rings is 1. The van der Waals surface area contributed by atoms with Gasteiger partial charge in [-0.2, -0.15) is 5.10 Å². The Bertz CT molecular complexity index is 559. The first-order chi connectivity index (χ1) is 8.54. The lowest BCUT2D eigenvalue weighted by Gasteiger charge is -2.19. The molecule has 18 heavy (non-hydrogen) atoms. The quantitative estimate of drug-likeness (QED) is 0.872. The first-order valence-corrected chi connectivity index (χ1v) is 6.57. The first kappa shape index (κ1) is 11.5. The van der Waals surface area contributed by atoms with Gasteiger partial charge in [0.15, 0.2) is 5.82 Å². The maximum Gasteiger partial charge on any atom is 0.181 e. The third-order valence-electron chi connectivity index (χ3n) is 3.45. The third-order valence-corrected chi connectivity index (χ3v) is 3.45. The highest BCUT2D eigenvalue weighted by Gasteiger charge is 2.27. The SMILES string of the molecule is CC(C)(C)c1cccc(-c2n[nH]c(C3CC3)n2)c1. The van der Waals surface area contributed by atoms with Crippen LogP contribution in [-0.4, -0.2) is 15.2 Å². The number of nitrogens with zero attached hydrogens (tertiary/aromatic N) is 2. The van der Waals surface area contributed by atoms with Crippen molar-refractivity contribution < 1.29 is 0 Å². The van der Waals surface area contributed by atoms with E-state index in [4.69, 9.17) is 0 Å². The van der Waals surface area contributed by atoms with E-state index in [1.165, 1.54) is 18.4 Å². The van der Waals surface area contributed by atoms with Crippen LogP contribution in [0.1, 0.15) is 50.9 Å². The molecule has 1 fully saturated rings. The largest absolute Gasteiger partial charge is 0.262 e. The molecular weight excluding hydrogens is 222 g/mol. The highest BCUT2D eigenvalue weighted by molar-refractivity contribution is 5.56. The molecule has 0 radical (unpaired) electrons. The van der Waals surface area contributed by atoms with E-state index in [-0.39, 0.29) is 5.41 Å². The van der Waals surface area contributed by atoms with Crippen LogP contribution in [0.3, 0.4) is 0 Å². The molecule has 0 amide bonds. The van der Waals surface area contributed by atoms with Crippen LogP contribution in [0.15, 0.2) is 24.3 Å². The van der Waals surface area contributed by atoms with Gasteiger partial charge in [0, 0.05) is 11.5 Å². The molecule has 1 aliphatic carbocycles. The van der Waals surface area contributed by atoms with E-state index in [0.717, 1.165) is 17.2 Å². The Morgan fingerprint density at radius 2 is 2.00 bits per heavy atom. The van der Waals surface area contributed by atoms with Crippen molar-refractivity contribution in [1.82, 2.24) is 15.2 Å². The summed E-state index contributed by atoms with van der Waals surface area (Å²) < 4.78 is 0. The zero-order chi connectivity index (χ0) is 12.8. The van der Waals surface area contributed by atoms with Gasteiger partial charge in [0.1, 0.15) is 5.82 Å². The van der Waals surface area contributed by atoms with Crippen molar-refractivity contribution in [2.24, 2.45) is 0 Å². The molecule has 0 spiro atoms. The summed E-state index contributed by atoms with van der Waals surface area (Å²) in [7, 11) is 0. The van der Waals surface area contributed by atoms with Gasteiger partial charge in [-0.05, 0) is 29.9 Å². The van der Waals surface area contributed by atoms with Crippen molar-refractivity contribution in [2.45, 2.75) is 44.9 Å². The van der Waals surface area contributed by atoms with Gasteiger partial charge in [-0.15, -0.1) is 0 Å². The third kappa shape index (κ3) is 2.17. The predicted octanol–water partition coefficient (Wildman–Crippen LogP) is 3.65. The van der Waals surface area contributed by atoms with Gasteiger partial charge < -0.3 is 0 Å². The normalized spacial score (nSPS) is 15.9. The molecule has 0 atom stereocenters. The average Bonchev–Trinajstić information content (AvgIpc) is 3.06. The smallest absolute Gasteiger partial charge is 0.181 e. The number of aromatic amines is 1. The molecular formula is C15H19N3. The van der Waals surface area contributed by atoms with Crippen LogP contribution >= 0.6 is 0 Å². The van der Waals surface area contributed by atoms with Gasteiger partial charge in [0.25, 0.3) is 0 Å². The Balaban J connectivity index is 1.95. The maximum absolute atomic E-state index is 4.60. The van der Waals surface area contributed by atoms with E-state index in [2.05, 4.69) is 60.2 Å². The second-order valence-corrected chi connectivity index (χ2v) is 6.15. The maximum atomic E-state index is 4.60. The number of hydrogen-bond acceptors (Lipinski definition) is 2. The molecule has 1 saturated carbocycles. The van der Waals surface area contributed by atoms with Crippen molar-refractivity contribution in [3.05, 3.63) is 35.7 Å². The van der Waals surface area contributed by atoms with Crippen molar-refractivity contribution in [2.75, 3.05) is 0 Å². The monoisotopic (exact) mass is 241 g/mol. The molecule has 1 heterocycles. The molecule has 3 rings (SSSR count). The lowest BCUT2D eigenvalue weighted by Crippen LogP contribution is -2.10. The van der Waals surface area contributed by atoms with E-state index >= 15 is 0 Å². The molecule has 3 heteroatoms. The molecule has 3 nitrogen and oxygen atoms in total. The minimum Gasteiger partial charge on any atom is -0.262 e. The molecule has 1 aliphatic rings. The van der Waals surface area contributed by atoms with Crippen LogP contribution in [0.5, 0.6) is 0 Å². The summed E-state index contributed by atoms with van der Waals surface area (Å²) in [6, 6.07) is 8.52. The Kier molecular flexibility index (Phi) is 2.51. The molecule has 2 aromatic rings. The van der Waals surface area contributed by atoms with E-state index in [1.54, 1.807) is 0 Å². The summed E-state index contributed by atoms with van der Waals surface area (Å²) in [5.74, 6) is 2.49. The zero-order valence-electron chi connectivity index (χ0n) is 11.2. The molecule has 0 bridgehead atoms. The molecule has 0 saturated heterocycles. The van der Waals surface area contributed by atoms with Crippen LogP contribution < -0.4 is 0 Å². The Morgan fingerprint density at radius 3 is 2.67 bits per heavy atom. The number of H-pyrrole nitrogens is 1. The van der Waals surface area contributed by atoms with Crippen LogP contribution in [-0.2, 0) is 5.41 Å². The average molecular weight is 241 g/mol. The predicted molar refractivity (Wildman–Crippen MR) is 72.5 cm³/mol. The fourth-order valence-electron chi connectivity index (χ4n) is 2.07. The zero-order valence-corrected chi connectivity index (χ0v) is 11.2. The van der Waals surface area contributed by atoms with Crippen LogP contribution in [0, 0.1) is 0 Å². The Morgan fingerprint density at radius 1 is 1.22 bits per heavy atom. The molecule has 1 N–H and O–H groups in total. The summed E-state index contributed by atoms with van der Waals surface area (Å²) in [4.78, 5) is 4.60. The lowest BCUT2D eigenvalue weighted by molar-refractivity contribution is 0.590. The summed E-state index contributed by atoms with van der Waals surface area (Å²) in [5.41, 5.74) is 2.58. The topological polar surface area (TPSA) is 41.6 Å². The molecule has 1 aromatic carbocycles. The molecule has 94 valence electrons. The molecule has 1 aromatic heterocycles. The summed E-state index contributed by atoms with van der Waals surface area (Å²) in [6.07, 6.45) is 2.49. The van der Waals surface area contributed by atoms with Crippen molar-refractivity contribution in [3.63, 3.8) is 0 Å². The van der Waals surface area contributed by atoms with Crippen LogP contribution in [0.2, 0.25) is 0 Å². The first-order valence-electron chi connectivity index (χ1n) is 6.57. The standard InChI is InChI=1S/C15H19N3/c1-15(2,3)12-6-4-5-11(9-12)14-16-13(17-18-14)10-7-8-10/h4-6,9-10H,7-8H2,1-3H3,(H,16,17,18). The van der Waals surface area contributed by atoms with Crippen molar-refractivity contribution >= 4 is 0 Å². The number of aromatic nitrogens is 3. The number of nitrogens with one attached hydrogen (secondary N) is 1. The van der Waals surface area contributed by atoms with Gasteiger partial charge in [0.2, 0.25) is 0 Å². The fourth-order valence-corrected chi connectivity index (χ4v) is 2.07. The van der Waals surface area contributed by atoms with Crippen LogP contribution in [0.4, 0.5) is 0 Å². The number of rotatable bonds is 2. The van der Waals surface area contributed by atoms with E-state index in [0.29, 0.717) is 5.92 Å². The minimum atomic E-state index is 0.158. The second-order valence-electron chi connectivity index (χ2n) is 6.15. The van der Waals surface area contributed by atoms with E-state index in [9.17, 15) is 0 Å². The van der Waals surface area contributed by atoms with Gasteiger partial charge in [-0.1, -0.05) is 39.0 Å². The highest BCUT2D eigenvalue weighted by atomic mass is 15.2. The number of hydrogen-bond donors (Lipinski definition) is 1. The Hall–Kier alpha value is -1.64. The summed E-state index contributed by atoms with van der Waals surface area (Å²) in [6.45, 7) is 6.67. The van der Waals surface area contributed by atoms with Gasteiger partial charge in [-0.3, -0.25) is 5.10 Å². The van der Waals surface area contributed by atoms with Crippen molar-refractivity contribution in [1.29, 1.82) is 0 Å². The van der Waals surface area contributed by atoms with Gasteiger partial charge >= 0.3 is 0 Å². The highest BCUT2D eigenvalue weighted by Crippen LogP contribution is 2.38. The van der Waals surface area contributed by atoms with Gasteiger partial charge in [-0.25, -0.2) is 4.98 Å². The molecule has 0 unspecified atom stereocenters. The molecule has 0 aliphatic heterocycles. The van der Waals surface area contributed by atoms with E-state index in [1.807, 2.05) is 0 Å². The van der Waals surface area contributed by atoms with Crippen molar-refractivity contribution in [3.8, 4) is 11.4 Å². The second kappa shape index (κ2) is 3.94. The minimum absolute atomic E-state index is 0.158. The summed E-state index contributed by atoms with van der Waals surface area (Å²) in [5, 5.41) is 7.40. The van der Waals surface area contributed by atoms with E-state index < -0.39 is 0 Å². The lowest BCUT2D eigenvalue weighted by atomic mass is 9.86. The van der Waals surface area contributed by atoms with Crippen LogP contribution in [0.25, 0.3) is 11.4 Å².